The maximum absolute atomic E-state index is 10.2. The first-order valence-corrected chi connectivity index (χ1v) is 8.43. The summed E-state index contributed by atoms with van der Waals surface area (Å²) in [6.45, 7) is 2.06. The van der Waals surface area contributed by atoms with Crippen LogP contribution in [0.4, 0.5) is 0 Å². The van der Waals surface area contributed by atoms with Crippen molar-refractivity contribution in [3.05, 3.63) is 60.8 Å². The van der Waals surface area contributed by atoms with Crippen LogP contribution >= 0.6 is 0 Å². The van der Waals surface area contributed by atoms with Gasteiger partial charge in [0.25, 0.3) is 0 Å². The van der Waals surface area contributed by atoms with Gasteiger partial charge >= 0.3 is 0 Å². The maximum Gasteiger partial charge on any atom is 0.0758 e. The number of carbonyl (C=O) groups is 1. The van der Waals surface area contributed by atoms with Gasteiger partial charge in [-0.15, -0.1) is 0 Å². The molecule has 0 saturated carbocycles. The smallest absolute Gasteiger partial charge is 0.0758 e. The van der Waals surface area contributed by atoms with Gasteiger partial charge in [0.2, 0.25) is 0 Å². The third kappa shape index (κ3) is 16.5. The minimum Gasteiger partial charge on any atom is -0.550 e. The molecule has 0 spiro atoms. The Morgan fingerprint density at radius 2 is 1.58 bits per heavy atom. The molecule has 24 heavy (non-hydrogen) atoms. The van der Waals surface area contributed by atoms with Crippen LogP contribution in [0.25, 0.3) is 0 Å². The SMILES string of the molecule is CC/C=C\C[C@H](O)/C=C/C=C\C/C=C\C=C\[C@@H](O)CCCC(=O)[O-]. The number of carboxylic acid groups (broad SMARTS) is 1. The molecule has 0 amide bonds. The Balaban J connectivity index is 3.81. The van der Waals surface area contributed by atoms with E-state index >= 15 is 0 Å². The molecule has 0 aliphatic rings. The predicted molar refractivity (Wildman–Crippen MR) is 96.1 cm³/mol. The van der Waals surface area contributed by atoms with Crippen molar-refractivity contribution in [1.29, 1.82) is 0 Å². The molecular formula is C20H29O4-. The highest BCUT2D eigenvalue weighted by Gasteiger charge is 1.97. The maximum atomic E-state index is 10.2. The molecule has 0 aromatic carbocycles. The highest BCUT2D eigenvalue weighted by molar-refractivity contribution is 5.64. The highest BCUT2D eigenvalue weighted by atomic mass is 16.4. The number of hydrogen-bond acceptors (Lipinski definition) is 4. The molecular weight excluding hydrogens is 304 g/mol. The summed E-state index contributed by atoms with van der Waals surface area (Å²) in [5.74, 6) is -1.09. The number of aliphatic hydroxyl groups is 2. The second-order valence-corrected chi connectivity index (χ2v) is 5.38. The van der Waals surface area contributed by atoms with Crippen LogP contribution < -0.4 is 5.11 Å². The molecule has 0 heterocycles. The zero-order valence-corrected chi connectivity index (χ0v) is 14.4. The topological polar surface area (TPSA) is 80.6 Å². The lowest BCUT2D eigenvalue weighted by Crippen LogP contribution is -2.22. The van der Waals surface area contributed by atoms with Gasteiger partial charge in [-0.05, 0) is 38.5 Å². The summed E-state index contributed by atoms with van der Waals surface area (Å²) in [6, 6.07) is 0. The first kappa shape index (κ1) is 22.1. The van der Waals surface area contributed by atoms with Crippen LogP contribution in [0.5, 0.6) is 0 Å². The van der Waals surface area contributed by atoms with Gasteiger partial charge in [-0.25, -0.2) is 0 Å². The minimum atomic E-state index is -1.09. The molecule has 0 fully saturated rings. The van der Waals surface area contributed by atoms with E-state index in [0.717, 1.165) is 12.8 Å². The van der Waals surface area contributed by atoms with Crippen LogP contribution in [-0.2, 0) is 4.79 Å². The third-order valence-electron chi connectivity index (χ3n) is 3.09. The number of rotatable bonds is 13. The van der Waals surface area contributed by atoms with Crippen molar-refractivity contribution in [2.75, 3.05) is 0 Å². The van der Waals surface area contributed by atoms with Crippen molar-refractivity contribution < 1.29 is 20.1 Å². The molecule has 0 bridgehead atoms. The van der Waals surface area contributed by atoms with Gasteiger partial charge < -0.3 is 20.1 Å². The molecule has 0 radical (unpaired) electrons. The summed E-state index contributed by atoms with van der Waals surface area (Å²) in [5, 5.41) is 29.5. The van der Waals surface area contributed by atoms with Gasteiger partial charge in [0, 0.05) is 5.97 Å². The summed E-state index contributed by atoms with van der Waals surface area (Å²) in [4.78, 5) is 10.2. The Hall–Kier alpha value is -1.91. The summed E-state index contributed by atoms with van der Waals surface area (Å²) >= 11 is 0. The largest absolute Gasteiger partial charge is 0.550 e. The fraction of sp³-hybridized carbons (Fsp3) is 0.450. The molecule has 0 rings (SSSR count). The van der Waals surface area contributed by atoms with E-state index in [2.05, 4.69) is 6.92 Å². The zero-order chi connectivity index (χ0) is 18.0. The minimum absolute atomic E-state index is 0.0252. The van der Waals surface area contributed by atoms with E-state index in [9.17, 15) is 20.1 Å². The molecule has 0 aromatic heterocycles. The number of carbonyl (C=O) groups excluding carboxylic acids is 1. The van der Waals surface area contributed by atoms with E-state index in [4.69, 9.17) is 0 Å². The van der Waals surface area contributed by atoms with Gasteiger partial charge in [-0.2, -0.15) is 0 Å². The van der Waals surface area contributed by atoms with Gasteiger partial charge in [-0.3, -0.25) is 0 Å². The first-order chi connectivity index (χ1) is 11.6. The van der Waals surface area contributed by atoms with Crippen molar-refractivity contribution in [2.45, 2.75) is 57.7 Å². The summed E-state index contributed by atoms with van der Waals surface area (Å²) in [7, 11) is 0. The monoisotopic (exact) mass is 333 g/mol. The van der Waals surface area contributed by atoms with E-state index in [0.29, 0.717) is 19.3 Å². The Bertz CT molecular complexity index is 458. The van der Waals surface area contributed by atoms with Crippen molar-refractivity contribution in [2.24, 2.45) is 0 Å². The van der Waals surface area contributed by atoms with Crippen molar-refractivity contribution in [3.8, 4) is 0 Å². The molecule has 4 heteroatoms. The molecule has 134 valence electrons. The number of aliphatic hydroxyl groups excluding tert-OH is 2. The third-order valence-corrected chi connectivity index (χ3v) is 3.09. The fourth-order valence-corrected chi connectivity index (χ4v) is 1.81. The Morgan fingerprint density at radius 1 is 0.958 bits per heavy atom. The molecule has 2 atom stereocenters. The summed E-state index contributed by atoms with van der Waals surface area (Å²) in [5.41, 5.74) is 0. The standard InChI is InChI=1S/C20H30O4/c1-2-3-9-13-18(21)14-10-7-5-4-6-8-11-15-19(22)16-12-17-20(23)24/h3,5-11,14-15,18-19,21-22H,2,4,12-13,16-17H2,1H3,(H,23,24)/p-1/b7-5-,8-6-,9-3-,14-10+,15-11+/t18-,19+/m0/s1. The lowest BCUT2D eigenvalue weighted by atomic mass is 10.1. The second kappa shape index (κ2) is 16.0. The van der Waals surface area contributed by atoms with Gasteiger partial charge in [0.15, 0.2) is 0 Å². The van der Waals surface area contributed by atoms with E-state index in [-0.39, 0.29) is 6.42 Å². The summed E-state index contributed by atoms with van der Waals surface area (Å²) in [6.07, 6.45) is 20.7. The van der Waals surface area contributed by atoms with Crippen LogP contribution in [0.1, 0.15) is 45.4 Å². The molecule has 0 aliphatic heterocycles. The number of carboxylic acids is 1. The number of allylic oxidation sites excluding steroid dienone is 7. The van der Waals surface area contributed by atoms with E-state index in [1.54, 1.807) is 18.2 Å². The molecule has 0 unspecified atom stereocenters. The van der Waals surface area contributed by atoms with E-state index < -0.39 is 18.2 Å². The quantitative estimate of drug-likeness (QED) is 0.401. The summed E-state index contributed by atoms with van der Waals surface area (Å²) < 4.78 is 0. The zero-order valence-electron chi connectivity index (χ0n) is 14.4. The Kier molecular flexibility index (Phi) is 14.7. The average Bonchev–Trinajstić information content (AvgIpc) is 2.53. The molecule has 0 saturated heterocycles. The van der Waals surface area contributed by atoms with Gasteiger partial charge in [-0.1, -0.05) is 67.7 Å². The normalized spacial score (nSPS) is 15.5. The fourth-order valence-electron chi connectivity index (χ4n) is 1.81. The predicted octanol–water partition coefficient (Wildman–Crippen LogP) is 2.60. The Labute approximate surface area is 145 Å². The lowest BCUT2D eigenvalue weighted by Gasteiger charge is -2.04. The van der Waals surface area contributed by atoms with Gasteiger partial charge in [0.05, 0.1) is 12.2 Å². The molecule has 0 aromatic rings. The van der Waals surface area contributed by atoms with Crippen LogP contribution in [0.3, 0.4) is 0 Å². The van der Waals surface area contributed by atoms with Crippen LogP contribution in [0.2, 0.25) is 0 Å². The van der Waals surface area contributed by atoms with Crippen molar-refractivity contribution in [3.63, 3.8) is 0 Å². The molecule has 4 nitrogen and oxygen atoms in total. The lowest BCUT2D eigenvalue weighted by molar-refractivity contribution is -0.305. The van der Waals surface area contributed by atoms with E-state index in [1.165, 1.54) is 0 Å². The first-order valence-electron chi connectivity index (χ1n) is 8.43. The molecule has 0 aliphatic carbocycles. The number of aliphatic carboxylic acids is 1. The van der Waals surface area contributed by atoms with Crippen molar-refractivity contribution >= 4 is 5.97 Å². The van der Waals surface area contributed by atoms with Crippen LogP contribution in [0.15, 0.2) is 60.8 Å². The van der Waals surface area contributed by atoms with E-state index in [1.807, 2.05) is 42.5 Å². The second-order valence-electron chi connectivity index (χ2n) is 5.38. The average molecular weight is 333 g/mol. The van der Waals surface area contributed by atoms with Crippen LogP contribution in [-0.4, -0.2) is 28.4 Å². The Morgan fingerprint density at radius 3 is 2.17 bits per heavy atom. The number of hydrogen-bond donors (Lipinski definition) is 2. The van der Waals surface area contributed by atoms with Crippen LogP contribution in [0, 0.1) is 0 Å². The van der Waals surface area contributed by atoms with Gasteiger partial charge in [0.1, 0.15) is 0 Å². The molecule has 2 N–H and O–H groups in total. The highest BCUT2D eigenvalue weighted by Crippen LogP contribution is 2.02. The van der Waals surface area contributed by atoms with Crippen molar-refractivity contribution in [1.82, 2.24) is 0 Å².